The van der Waals surface area contributed by atoms with Gasteiger partial charge in [-0.3, -0.25) is 9.59 Å². The predicted molar refractivity (Wildman–Crippen MR) is 364 cm³/mol. The molecule has 0 rings (SSSR count). The van der Waals surface area contributed by atoms with Gasteiger partial charge in [0.1, 0.15) is 13.2 Å². The topological polar surface area (TPSA) is 108 Å². The summed E-state index contributed by atoms with van der Waals surface area (Å²) < 4.78 is 23.0. The first-order chi connectivity index (χ1) is 41.6. The van der Waals surface area contributed by atoms with Gasteiger partial charge in [-0.25, -0.2) is 4.79 Å². The van der Waals surface area contributed by atoms with Crippen molar-refractivity contribution in [3.05, 3.63) is 97.2 Å². The minimum atomic E-state index is -1.51. The first kappa shape index (κ1) is 81.2. The number of likely N-dealkylation sites (N-methyl/N-ethyl adjacent to an activating group) is 1. The summed E-state index contributed by atoms with van der Waals surface area (Å²) in [4.78, 5) is 37.6. The molecule has 9 nitrogen and oxygen atoms in total. The third kappa shape index (κ3) is 67.6. The Balaban J connectivity index is 4.11. The maximum absolute atomic E-state index is 13.0. The first-order valence-corrected chi connectivity index (χ1v) is 35.4. The normalized spacial score (nSPS) is 13.3. The number of carbonyl (C=O) groups is 3. The molecule has 0 spiro atoms. The van der Waals surface area contributed by atoms with Crippen LogP contribution in [0.5, 0.6) is 0 Å². The number of hydrogen-bond donors (Lipinski definition) is 1. The van der Waals surface area contributed by atoms with Crippen LogP contribution in [0.1, 0.15) is 309 Å². The molecule has 0 aromatic heterocycles. The number of aliphatic carboxylic acids is 1. The summed E-state index contributed by atoms with van der Waals surface area (Å²) in [7, 11) is 5.98. The number of esters is 2. The number of allylic oxidation sites excluding steroid dienone is 16. The Labute approximate surface area is 524 Å². The Bertz CT molecular complexity index is 1720. The molecule has 0 aromatic rings. The number of nitrogens with zero attached hydrogens (tertiary/aromatic N) is 1. The van der Waals surface area contributed by atoms with E-state index in [1.165, 1.54) is 199 Å². The van der Waals surface area contributed by atoms with E-state index in [0.29, 0.717) is 17.4 Å². The molecule has 0 heterocycles. The molecule has 0 radical (unpaired) electrons. The molecule has 0 aliphatic carbocycles. The molecule has 85 heavy (non-hydrogen) atoms. The predicted octanol–water partition coefficient (Wildman–Crippen LogP) is 22.0. The van der Waals surface area contributed by atoms with Crippen molar-refractivity contribution in [1.82, 2.24) is 0 Å². The van der Waals surface area contributed by atoms with Gasteiger partial charge in [0.2, 0.25) is 0 Å². The van der Waals surface area contributed by atoms with Crippen LogP contribution in [0.25, 0.3) is 0 Å². The minimum Gasteiger partial charge on any atom is -0.477 e. The van der Waals surface area contributed by atoms with Crippen LogP contribution in [0.15, 0.2) is 97.2 Å². The van der Waals surface area contributed by atoms with Gasteiger partial charge in [0.25, 0.3) is 6.29 Å². The molecule has 0 aromatic carbocycles. The van der Waals surface area contributed by atoms with E-state index < -0.39 is 24.3 Å². The number of rotatable bonds is 65. The lowest BCUT2D eigenvalue weighted by Gasteiger charge is -2.25. The van der Waals surface area contributed by atoms with E-state index in [0.717, 1.165) is 83.5 Å². The van der Waals surface area contributed by atoms with E-state index in [-0.39, 0.29) is 32.2 Å². The number of ether oxygens (including phenoxy) is 4. The molecule has 0 bridgehead atoms. The van der Waals surface area contributed by atoms with Crippen molar-refractivity contribution in [3.63, 3.8) is 0 Å². The Morgan fingerprint density at radius 3 is 1.00 bits per heavy atom. The molecule has 2 atom stereocenters. The molecule has 0 fully saturated rings. The third-order valence-corrected chi connectivity index (χ3v) is 15.3. The second kappa shape index (κ2) is 66.2. The van der Waals surface area contributed by atoms with E-state index in [2.05, 4.69) is 111 Å². The number of carbonyl (C=O) groups excluding carboxylic acids is 2. The molecular weight excluding hydrogens is 1050 g/mol. The van der Waals surface area contributed by atoms with Crippen LogP contribution in [0.4, 0.5) is 0 Å². The zero-order valence-corrected chi connectivity index (χ0v) is 56.0. The highest BCUT2D eigenvalue weighted by Crippen LogP contribution is 2.17. The van der Waals surface area contributed by atoms with Crippen LogP contribution < -0.4 is 0 Å². The summed E-state index contributed by atoms with van der Waals surface area (Å²) in [5, 5.41) is 9.75. The molecular formula is C76H134NO8+. The fraction of sp³-hybridized carbons (Fsp3) is 0.750. The smallest absolute Gasteiger partial charge is 0.361 e. The van der Waals surface area contributed by atoms with Crippen LogP contribution in [0.2, 0.25) is 0 Å². The lowest BCUT2D eigenvalue weighted by molar-refractivity contribution is -0.870. The van der Waals surface area contributed by atoms with E-state index >= 15 is 0 Å². The lowest BCUT2D eigenvalue weighted by Crippen LogP contribution is -2.40. The lowest BCUT2D eigenvalue weighted by atomic mass is 10.0. The van der Waals surface area contributed by atoms with Gasteiger partial charge in [0, 0.05) is 12.8 Å². The van der Waals surface area contributed by atoms with Crippen LogP contribution in [-0.2, 0) is 33.3 Å². The summed E-state index contributed by atoms with van der Waals surface area (Å²) in [6, 6.07) is 0. The second-order valence-corrected chi connectivity index (χ2v) is 24.8. The van der Waals surface area contributed by atoms with Crippen molar-refractivity contribution in [2.75, 3.05) is 47.5 Å². The average molecular weight is 1190 g/mol. The van der Waals surface area contributed by atoms with Gasteiger partial charge in [-0.05, 0) is 96.3 Å². The third-order valence-electron chi connectivity index (χ3n) is 15.3. The SMILES string of the molecule is CC/C=C\C/C=C\C/C=C\C/C=C\C/C=C\CCCCCCCCCCCCCCCCCC(=O)OC(COC(=O)CCCCCCCCCCCCCCCC/C=C\C/C=C\C/C=C\CCCCCCC)COC(OCC[N+](C)(C)C)C(=O)O. The zero-order chi connectivity index (χ0) is 61.9. The molecule has 0 saturated heterocycles. The highest BCUT2D eigenvalue weighted by Gasteiger charge is 2.25. The maximum Gasteiger partial charge on any atom is 0.361 e. The van der Waals surface area contributed by atoms with Crippen molar-refractivity contribution < 1.29 is 42.9 Å². The monoisotopic (exact) mass is 1190 g/mol. The van der Waals surface area contributed by atoms with E-state index in [1.807, 2.05) is 21.1 Å². The number of hydrogen-bond acceptors (Lipinski definition) is 7. The molecule has 0 saturated carbocycles. The number of unbranched alkanes of at least 4 members (excludes halogenated alkanes) is 34. The highest BCUT2D eigenvalue weighted by atomic mass is 16.7. The fourth-order valence-corrected chi connectivity index (χ4v) is 9.93. The molecule has 2 unspecified atom stereocenters. The molecule has 490 valence electrons. The van der Waals surface area contributed by atoms with Crippen LogP contribution in [-0.4, -0.2) is 87.4 Å². The average Bonchev–Trinajstić information content (AvgIpc) is 3.49. The number of carboxylic acid groups (broad SMARTS) is 1. The quantitative estimate of drug-likeness (QED) is 0.0211. The molecule has 0 amide bonds. The number of carboxylic acids is 1. The van der Waals surface area contributed by atoms with Gasteiger partial charge in [-0.1, -0.05) is 297 Å². The van der Waals surface area contributed by atoms with Gasteiger partial charge in [0.05, 0.1) is 34.4 Å². The van der Waals surface area contributed by atoms with Crippen molar-refractivity contribution in [1.29, 1.82) is 0 Å². The largest absolute Gasteiger partial charge is 0.477 e. The van der Waals surface area contributed by atoms with Gasteiger partial charge < -0.3 is 28.5 Å². The number of quaternary nitrogens is 1. The minimum absolute atomic E-state index is 0.184. The summed E-state index contributed by atoms with van der Waals surface area (Å²) in [5.41, 5.74) is 0. The Hall–Kier alpha value is -3.79. The fourth-order valence-electron chi connectivity index (χ4n) is 9.93. The Kier molecular flexibility index (Phi) is 63.2. The van der Waals surface area contributed by atoms with Crippen molar-refractivity contribution in [2.45, 2.75) is 322 Å². The van der Waals surface area contributed by atoms with Crippen molar-refractivity contribution >= 4 is 17.9 Å². The molecule has 0 aliphatic rings. The van der Waals surface area contributed by atoms with Crippen LogP contribution in [0, 0.1) is 0 Å². The summed E-state index contributed by atoms with van der Waals surface area (Å²) in [6.45, 7) is 4.78. The Morgan fingerprint density at radius 1 is 0.365 bits per heavy atom. The molecule has 1 N–H and O–H groups in total. The van der Waals surface area contributed by atoms with Gasteiger partial charge in [0.15, 0.2) is 6.10 Å². The Morgan fingerprint density at radius 2 is 0.671 bits per heavy atom. The van der Waals surface area contributed by atoms with Gasteiger partial charge in [-0.15, -0.1) is 0 Å². The summed E-state index contributed by atoms with van der Waals surface area (Å²) >= 11 is 0. The highest BCUT2D eigenvalue weighted by molar-refractivity contribution is 5.71. The van der Waals surface area contributed by atoms with Crippen molar-refractivity contribution in [2.24, 2.45) is 0 Å². The maximum atomic E-state index is 13.0. The standard InChI is InChI=1S/C76H133NO8/c1-6-8-10-12-14-16-18-20-22-24-26-28-30-32-34-36-37-39-41-43-45-47-49-51-53-55-57-59-61-63-65-67-74(79)85-72(71-84-76(75(80)81)82-69-68-77(3,4)5)70-83-73(78)66-64-62-60-58-56-54-52-50-48-46-44-42-40-38-35-33-31-29-27-25-23-21-19-17-15-13-11-9-7-2/h8,10,14,16,19-22,25-28,31-34,72,76H,6-7,9,11-13,15,17-18,23-24,29-30,35-71H2,1-5H3/p+1/b10-8-,16-14-,21-19-,22-20-,27-25-,28-26-,33-31-,34-32-. The van der Waals surface area contributed by atoms with Crippen molar-refractivity contribution in [3.8, 4) is 0 Å². The van der Waals surface area contributed by atoms with E-state index in [9.17, 15) is 19.5 Å². The summed E-state index contributed by atoms with van der Waals surface area (Å²) in [5.74, 6) is -2.00. The zero-order valence-electron chi connectivity index (χ0n) is 56.0. The second-order valence-electron chi connectivity index (χ2n) is 24.8. The molecule has 0 aliphatic heterocycles. The molecule has 9 heteroatoms. The van der Waals surface area contributed by atoms with E-state index in [1.54, 1.807) is 0 Å². The van der Waals surface area contributed by atoms with Crippen LogP contribution >= 0.6 is 0 Å². The first-order valence-electron chi connectivity index (χ1n) is 35.4. The summed E-state index contributed by atoms with van der Waals surface area (Å²) in [6.07, 6.45) is 88.0. The van der Waals surface area contributed by atoms with Gasteiger partial charge >= 0.3 is 17.9 Å². The van der Waals surface area contributed by atoms with Gasteiger partial charge in [-0.2, -0.15) is 0 Å². The van der Waals surface area contributed by atoms with Crippen LogP contribution in [0.3, 0.4) is 0 Å². The van der Waals surface area contributed by atoms with E-state index in [4.69, 9.17) is 18.9 Å².